The molecule has 0 saturated carbocycles. The standard InChI is InChI=1S/C26H10O6S/c1-7-3-9-17-11(25(29)31-23(9)27)5-13-19-20-14(33-13)6-12-18-10(24(28)32-26(12)30)4-8(2)16(22(18)20)15(7)21(17)19/h3-6H,1-2H3. The van der Waals surface area contributed by atoms with Crippen molar-refractivity contribution in [3.8, 4) is 0 Å². The van der Waals surface area contributed by atoms with E-state index in [4.69, 9.17) is 8.83 Å². The maximum atomic E-state index is 12.7. The number of hydrogen-bond donors (Lipinski definition) is 0. The molecule has 6 nitrogen and oxygen atoms in total. The molecule has 3 aromatic heterocycles. The zero-order chi connectivity index (χ0) is 22.5. The number of aryl methyl sites for hydroxylation is 2. The quantitative estimate of drug-likeness (QED) is 0.243. The van der Waals surface area contributed by atoms with E-state index in [-0.39, 0.29) is 0 Å². The van der Waals surface area contributed by atoms with Gasteiger partial charge in [0.25, 0.3) is 0 Å². The summed E-state index contributed by atoms with van der Waals surface area (Å²) in [6.07, 6.45) is 0. The van der Waals surface area contributed by atoms with Crippen LogP contribution < -0.4 is 22.5 Å². The Balaban J connectivity index is 1.94. The van der Waals surface area contributed by atoms with E-state index in [0.717, 1.165) is 52.8 Å². The molecule has 33 heavy (non-hydrogen) atoms. The second-order valence-corrected chi connectivity index (χ2v) is 9.87. The molecule has 0 atom stereocenters. The van der Waals surface area contributed by atoms with Crippen LogP contribution in [0.4, 0.5) is 0 Å². The fourth-order valence-electron chi connectivity index (χ4n) is 5.94. The average Bonchev–Trinajstić information content (AvgIpc) is 3.14. The lowest BCUT2D eigenvalue weighted by molar-refractivity contribution is 0.488. The van der Waals surface area contributed by atoms with Crippen LogP contribution >= 0.6 is 11.3 Å². The molecule has 8 aromatic rings. The lowest BCUT2D eigenvalue weighted by Gasteiger charge is -2.19. The summed E-state index contributed by atoms with van der Waals surface area (Å²) in [6.45, 7) is 3.85. The lowest BCUT2D eigenvalue weighted by Crippen LogP contribution is -2.13. The third-order valence-electron chi connectivity index (χ3n) is 7.10. The first-order valence-electron chi connectivity index (χ1n) is 10.4. The Hall–Kier alpha value is -4.10. The van der Waals surface area contributed by atoms with Gasteiger partial charge < -0.3 is 8.83 Å². The van der Waals surface area contributed by atoms with Crippen LogP contribution in [0.3, 0.4) is 0 Å². The predicted octanol–water partition coefficient (Wildman–Crippen LogP) is 4.82. The fourth-order valence-corrected chi connectivity index (χ4v) is 7.15. The van der Waals surface area contributed by atoms with Crippen LogP contribution in [0.1, 0.15) is 11.1 Å². The SMILES string of the molecule is Cc1cc2c(=O)oc(=O)c3cc4sc5cc6c(=O)oc(=O)c7cc(C)c8c1c(c23)c4c5c8c76. The van der Waals surface area contributed by atoms with Gasteiger partial charge in [0.15, 0.2) is 0 Å². The first-order chi connectivity index (χ1) is 15.8. The Labute approximate surface area is 185 Å². The molecule has 0 aliphatic heterocycles. The number of hydrogen-bond acceptors (Lipinski definition) is 7. The predicted molar refractivity (Wildman–Crippen MR) is 131 cm³/mol. The van der Waals surface area contributed by atoms with Crippen LogP contribution in [0, 0.1) is 13.8 Å². The minimum Gasteiger partial charge on any atom is -0.386 e. The molecule has 0 fully saturated rings. The van der Waals surface area contributed by atoms with Gasteiger partial charge in [-0.25, -0.2) is 19.2 Å². The Kier molecular flexibility index (Phi) is 2.70. The topological polar surface area (TPSA) is 94.6 Å². The molecule has 0 amide bonds. The van der Waals surface area contributed by atoms with Gasteiger partial charge in [-0.1, -0.05) is 0 Å². The van der Waals surface area contributed by atoms with E-state index in [1.807, 2.05) is 13.8 Å². The van der Waals surface area contributed by atoms with Gasteiger partial charge in [-0.05, 0) is 60.0 Å². The van der Waals surface area contributed by atoms with Gasteiger partial charge in [-0.3, -0.25) is 0 Å². The molecule has 7 heteroatoms. The highest BCUT2D eigenvalue weighted by Crippen LogP contribution is 2.52. The van der Waals surface area contributed by atoms with E-state index in [1.54, 1.807) is 24.3 Å². The Bertz CT molecular complexity index is 2220. The average molecular weight is 450 g/mol. The molecule has 5 aromatic carbocycles. The molecule has 0 saturated heterocycles. The molecule has 156 valence electrons. The molecule has 0 aliphatic rings. The smallest absolute Gasteiger partial charge is 0.346 e. The molecular weight excluding hydrogens is 440 g/mol. The van der Waals surface area contributed by atoms with Crippen molar-refractivity contribution in [2.24, 2.45) is 0 Å². The molecule has 0 aliphatic carbocycles. The van der Waals surface area contributed by atoms with Crippen LogP contribution in [0.25, 0.3) is 74.0 Å². The van der Waals surface area contributed by atoms with E-state index in [1.165, 1.54) is 11.3 Å². The lowest BCUT2D eigenvalue weighted by atomic mass is 9.83. The van der Waals surface area contributed by atoms with E-state index in [2.05, 4.69) is 0 Å². The number of thiophene rings is 1. The zero-order valence-electron chi connectivity index (χ0n) is 17.2. The Morgan fingerprint density at radius 1 is 0.485 bits per heavy atom. The fraction of sp³-hybridized carbons (Fsp3) is 0.0769. The maximum absolute atomic E-state index is 12.7. The van der Waals surface area contributed by atoms with Gasteiger partial charge in [0.2, 0.25) is 0 Å². The second kappa shape index (κ2) is 5.10. The minimum absolute atomic E-state index is 0.369. The van der Waals surface area contributed by atoms with Gasteiger partial charge in [-0.2, -0.15) is 0 Å². The Morgan fingerprint density at radius 3 is 1.24 bits per heavy atom. The van der Waals surface area contributed by atoms with Gasteiger partial charge in [0.1, 0.15) is 0 Å². The molecule has 0 unspecified atom stereocenters. The van der Waals surface area contributed by atoms with Crippen molar-refractivity contribution in [2.75, 3.05) is 0 Å². The van der Waals surface area contributed by atoms with E-state index in [0.29, 0.717) is 32.3 Å². The van der Waals surface area contributed by atoms with Gasteiger partial charge in [0, 0.05) is 41.7 Å². The van der Waals surface area contributed by atoms with E-state index >= 15 is 0 Å². The van der Waals surface area contributed by atoms with Gasteiger partial charge >= 0.3 is 22.5 Å². The van der Waals surface area contributed by atoms with Crippen LogP contribution in [0.2, 0.25) is 0 Å². The normalized spacial score (nSPS) is 13.0. The summed E-state index contributed by atoms with van der Waals surface area (Å²) in [5.74, 6) is 0. The summed E-state index contributed by atoms with van der Waals surface area (Å²) in [5.41, 5.74) is -0.875. The molecule has 0 spiro atoms. The van der Waals surface area contributed by atoms with Gasteiger partial charge in [0.05, 0.1) is 21.5 Å². The van der Waals surface area contributed by atoms with Crippen molar-refractivity contribution in [3.05, 3.63) is 77.1 Å². The summed E-state index contributed by atoms with van der Waals surface area (Å²) < 4.78 is 11.8. The highest BCUT2D eigenvalue weighted by Gasteiger charge is 2.27. The molecule has 0 radical (unpaired) electrons. The van der Waals surface area contributed by atoms with E-state index in [9.17, 15) is 19.2 Å². The van der Waals surface area contributed by atoms with Crippen LogP contribution in [-0.2, 0) is 0 Å². The monoisotopic (exact) mass is 450 g/mol. The van der Waals surface area contributed by atoms with Crippen molar-refractivity contribution in [2.45, 2.75) is 13.8 Å². The summed E-state index contributed by atoms with van der Waals surface area (Å²) >= 11 is 1.47. The van der Waals surface area contributed by atoms with Crippen molar-refractivity contribution in [1.29, 1.82) is 0 Å². The van der Waals surface area contributed by atoms with Crippen LogP contribution in [0.15, 0.2) is 52.3 Å². The van der Waals surface area contributed by atoms with Gasteiger partial charge in [-0.15, -0.1) is 11.3 Å². The number of benzene rings is 5. The highest BCUT2D eigenvalue weighted by atomic mass is 32.1. The summed E-state index contributed by atoms with van der Waals surface area (Å²) in [4.78, 5) is 50.7. The third-order valence-corrected chi connectivity index (χ3v) is 8.19. The van der Waals surface area contributed by atoms with Crippen LogP contribution in [-0.4, -0.2) is 0 Å². The largest absolute Gasteiger partial charge is 0.386 e. The molecule has 0 bridgehead atoms. The zero-order valence-corrected chi connectivity index (χ0v) is 18.0. The van der Waals surface area contributed by atoms with Crippen molar-refractivity contribution >= 4 is 85.4 Å². The highest BCUT2D eigenvalue weighted by molar-refractivity contribution is 7.26. The molecule has 8 rings (SSSR count). The van der Waals surface area contributed by atoms with Crippen molar-refractivity contribution in [1.82, 2.24) is 0 Å². The maximum Gasteiger partial charge on any atom is 0.346 e. The third kappa shape index (κ3) is 1.73. The van der Waals surface area contributed by atoms with E-state index < -0.39 is 22.5 Å². The summed E-state index contributed by atoms with van der Waals surface area (Å²) in [7, 11) is 0. The molecular formula is C26H10O6S. The molecule has 0 N–H and O–H groups in total. The first-order valence-corrected chi connectivity index (χ1v) is 11.2. The summed E-state index contributed by atoms with van der Waals surface area (Å²) in [5, 5.41) is 8.16. The minimum atomic E-state index is -0.655. The second-order valence-electron chi connectivity index (χ2n) is 8.78. The van der Waals surface area contributed by atoms with Crippen molar-refractivity contribution in [3.63, 3.8) is 0 Å². The number of rotatable bonds is 0. The Morgan fingerprint density at radius 2 is 0.848 bits per heavy atom. The molecule has 3 heterocycles. The number of fused-ring (bicyclic) bond motifs is 1. The first kappa shape index (κ1) is 17.5. The van der Waals surface area contributed by atoms with Crippen LogP contribution in [0.5, 0.6) is 0 Å². The summed E-state index contributed by atoms with van der Waals surface area (Å²) in [6, 6.07) is 7.08. The van der Waals surface area contributed by atoms with Crippen molar-refractivity contribution < 1.29 is 8.83 Å².